The second-order valence-electron chi connectivity index (χ2n) is 7.58. The quantitative estimate of drug-likeness (QED) is 0.560. The smallest absolute Gasteiger partial charge is 0.244 e. The lowest BCUT2D eigenvalue weighted by Crippen LogP contribution is -2.36. The largest absolute Gasteiger partial charge is 0.493 e. The summed E-state index contributed by atoms with van der Waals surface area (Å²) >= 11 is 0. The van der Waals surface area contributed by atoms with Crippen LogP contribution in [0.2, 0.25) is 0 Å². The first-order chi connectivity index (χ1) is 13.5. The zero-order valence-electron chi connectivity index (χ0n) is 18.3. The van der Waals surface area contributed by atoms with Gasteiger partial charge in [-0.25, -0.2) is 0 Å². The number of amides is 1. The average molecular weight is 425 g/mol. The summed E-state index contributed by atoms with van der Waals surface area (Å²) in [6, 6.07) is 6.06. The summed E-state index contributed by atoms with van der Waals surface area (Å²) in [4.78, 5) is 14.5. The second-order valence-corrected chi connectivity index (χ2v) is 7.58. The minimum Gasteiger partial charge on any atom is -0.493 e. The van der Waals surface area contributed by atoms with E-state index in [1.807, 2.05) is 24.3 Å². The van der Waals surface area contributed by atoms with Crippen LogP contribution in [0, 0.1) is 5.92 Å². The Morgan fingerprint density at radius 1 is 1.17 bits per heavy atom. The van der Waals surface area contributed by atoms with Crippen molar-refractivity contribution in [2.24, 2.45) is 5.92 Å². The molecule has 1 saturated carbocycles. The predicted molar refractivity (Wildman–Crippen MR) is 122 cm³/mol. The zero-order chi connectivity index (χ0) is 20.4. The molecule has 164 valence electrons. The van der Waals surface area contributed by atoms with Gasteiger partial charge in [0.05, 0.1) is 7.11 Å². The van der Waals surface area contributed by atoms with E-state index in [2.05, 4.69) is 31.0 Å². The van der Waals surface area contributed by atoms with Crippen LogP contribution in [0.15, 0.2) is 24.3 Å². The molecule has 0 saturated heterocycles. The van der Waals surface area contributed by atoms with Gasteiger partial charge in [0.1, 0.15) is 6.61 Å². The number of ether oxygens (including phenoxy) is 2. The Hall–Kier alpha value is -1.72. The van der Waals surface area contributed by atoms with E-state index in [1.54, 1.807) is 13.2 Å². The van der Waals surface area contributed by atoms with Crippen LogP contribution in [0.25, 0.3) is 6.08 Å². The molecular weight excluding hydrogens is 388 g/mol. The van der Waals surface area contributed by atoms with Gasteiger partial charge >= 0.3 is 0 Å². The van der Waals surface area contributed by atoms with E-state index >= 15 is 0 Å². The number of nitrogens with zero attached hydrogens (tertiary/aromatic N) is 1. The lowest BCUT2D eigenvalue weighted by atomic mass is 9.87. The maximum atomic E-state index is 12.2. The topological polar surface area (TPSA) is 50.8 Å². The van der Waals surface area contributed by atoms with Crippen molar-refractivity contribution in [3.8, 4) is 11.5 Å². The molecule has 0 heterocycles. The van der Waals surface area contributed by atoms with Gasteiger partial charge in [-0.1, -0.05) is 26.8 Å². The minimum atomic E-state index is -0.0296. The predicted octanol–water partition coefficient (Wildman–Crippen LogP) is 4.55. The van der Waals surface area contributed by atoms with E-state index in [0.29, 0.717) is 18.4 Å². The van der Waals surface area contributed by atoms with E-state index in [4.69, 9.17) is 9.47 Å². The van der Waals surface area contributed by atoms with Crippen molar-refractivity contribution < 1.29 is 14.3 Å². The van der Waals surface area contributed by atoms with Gasteiger partial charge in [-0.05, 0) is 68.5 Å². The molecule has 2 rings (SSSR count). The first kappa shape index (κ1) is 25.3. The maximum Gasteiger partial charge on any atom is 0.244 e. The number of benzene rings is 1. The Labute approximate surface area is 182 Å². The maximum absolute atomic E-state index is 12.2. The molecule has 1 aromatic rings. The van der Waals surface area contributed by atoms with Gasteiger partial charge in [-0.15, -0.1) is 12.4 Å². The van der Waals surface area contributed by atoms with Gasteiger partial charge in [0, 0.05) is 18.7 Å². The second kappa shape index (κ2) is 13.5. The fourth-order valence-electron chi connectivity index (χ4n) is 3.56. The average Bonchev–Trinajstić information content (AvgIpc) is 2.72. The number of carbonyl (C=O) groups is 1. The van der Waals surface area contributed by atoms with E-state index in [0.717, 1.165) is 49.7 Å². The van der Waals surface area contributed by atoms with Crippen LogP contribution in [0.3, 0.4) is 0 Å². The molecule has 0 atom stereocenters. The highest BCUT2D eigenvalue weighted by Crippen LogP contribution is 2.28. The van der Waals surface area contributed by atoms with E-state index in [-0.39, 0.29) is 18.3 Å². The molecule has 1 N–H and O–H groups in total. The standard InChI is InChI=1S/C23H36N2O3.ClH/c1-5-25(6-2)15-16-28-21-13-9-19(17-22(21)27-4)10-14-23(26)24-20-11-7-18(3)8-12-20;/h9-10,13-14,17-18,20H,5-8,11-12,15-16H2,1-4H3,(H,24,26);1H. The van der Waals surface area contributed by atoms with Crippen LogP contribution < -0.4 is 14.8 Å². The molecule has 1 fully saturated rings. The van der Waals surface area contributed by atoms with Crippen LogP contribution in [0.5, 0.6) is 11.5 Å². The first-order valence-corrected chi connectivity index (χ1v) is 10.6. The Bertz CT molecular complexity index is 639. The van der Waals surface area contributed by atoms with Gasteiger partial charge in [0.15, 0.2) is 11.5 Å². The molecular formula is C23H37ClN2O3. The minimum absolute atomic E-state index is 0. The summed E-state index contributed by atoms with van der Waals surface area (Å²) in [6.07, 6.45) is 7.97. The molecule has 0 radical (unpaired) electrons. The number of methoxy groups -OCH3 is 1. The normalized spacial score (nSPS) is 19.1. The fraction of sp³-hybridized carbons (Fsp3) is 0.609. The Balaban J connectivity index is 0.00000420. The van der Waals surface area contributed by atoms with Crippen LogP contribution in [0.1, 0.15) is 52.0 Å². The van der Waals surface area contributed by atoms with Crippen molar-refractivity contribution in [2.75, 3.05) is 33.4 Å². The highest BCUT2D eigenvalue weighted by molar-refractivity contribution is 5.92. The number of hydrogen-bond donors (Lipinski definition) is 1. The fourth-order valence-corrected chi connectivity index (χ4v) is 3.56. The monoisotopic (exact) mass is 424 g/mol. The van der Waals surface area contributed by atoms with Crippen LogP contribution in [-0.2, 0) is 4.79 Å². The van der Waals surface area contributed by atoms with Crippen LogP contribution >= 0.6 is 12.4 Å². The lowest BCUT2D eigenvalue weighted by Gasteiger charge is -2.26. The van der Waals surface area contributed by atoms with E-state index in [1.165, 1.54) is 12.8 Å². The molecule has 0 aromatic heterocycles. The summed E-state index contributed by atoms with van der Waals surface area (Å²) in [6.45, 7) is 10.1. The van der Waals surface area contributed by atoms with Crippen molar-refractivity contribution in [1.29, 1.82) is 0 Å². The molecule has 1 aromatic carbocycles. The van der Waals surface area contributed by atoms with E-state index in [9.17, 15) is 4.79 Å². The molecule has 1 aliphatic rings. The molecule has 29 heavy (non-hydrogen) atoms. The molecule has 0 bridgehead atoms. The van der Waals surface area contributed by atoms with Crippen molar-refractivity contribution in [2.45, 2.75) is 52.5 Å². The molecule has 0 spiro atoms. The summed E-state index contributed by atoms with van der Waals surface area (Å²) in [7, 11) is 1.64. The van der Waals surface area contributed by atoms with Gasteiger partial charge in [0.25, 0.3) is 0 Å². The molecule has 1 amide bonds. The van der Waals surface area contributed by atoms with Crippen molar-refractivity contribution in [1.82, 2.24) is 10.2 Å². The van der Waals surface area contributed by atoms with E-state index < -0.39 is 0 Å². The molecule has 5 nitrogen and oxygen atoms in total. The highest BCUT2D eigenvalue weighted by atomic mass is 35.5. The summed E-state index contributed by atoms with van der Waals surface area (Å²) < 4.78 is 11.3. The van der Waals surface area contributed by atoms with Crippen LogP contribution in [-0.4, -0.2) is 50.2 Å². The first-order valence-electron chi connectivity index (χ1n) is 10.6. The Morgan fingerprint density at radius 3 is 2.48 bits per heavy atom. The third-order valence-corrected chi connectivity index (χ3v) is 5.54. The highest BCUT2D eigenvalue weighted by Gasteiger charge is 2.18. The van der Waals surface area contributed by atoms with Crippen molar-refractivity contribution in [3.05, 3.63) is 29.8 Å². The SMILES string of the molecule is CCN(CC)CCOc1ccc(C=CC(=O)NC2CCC(C)CC2)cc1OC.Cl. The molecule has 1 aliphatic carbocycles. The van der Waals surface area contributed by atoms with Crippen LogP contribution in [0.4, 0.5) is 0 Å². The van der Waals surface area contributed by atoms with Gasteiger partial charge < -0.3 is 19.7 Å². The number of halogens is 1. The third kappa shape index (κ3) is 8.67. The lowest BCUT2D eigenvalue weighted by molar-refractivity contribution is -0.117. The number of carbonyl (C=O) groups excluding carboxylic acids is 1. The Morgan fingerprint density at radius 2 is 1.86 bits per heavy atom. The van der Waals surface area contributed by atoms with Crippen molar-refractivity contribution in [3.63, 3.8) is 0 Å². The zero-order valence-corrected chi connectivity index (χ0v) is 19.1. The number of hydrogen-bond acceptors (Lipinski definition) is 4. The molecule has 0 aliphatic heterocycles. The van der Waals surface area contributed by atoms with Gasteiger partial charge in [0.2, 0.25) is 5.91 Å². The number of nitrogens with one attached hydrogen (secondary N) is 1. The summed E-state index contributed by atoms with van der Waals surface area (Å²) in [5.74, 6) is 2.16. The Kier molecular flexibility index (Phi) is 11.8. The summed E-state index contributed by atoms with van der Waals surface area (Å²) in [5, 5.41) is 3.11. The molecule has 0 unspecified atom stereocenters. The van der Waals surface area contributed by atoms with Crippen molar-refractivity contribution >= 4 is 24.4 Å². The number of likely N-dealkylation sites (N-methyl/N-ethyl adjacent to an activating group) is 1. The summed E-state index contributed by atoms with van der Waals surface area (Å²) in [5.41, 5.74) is 0.917. The van der Waals surface area contributed by atoms with Gasteiger partial charge in [-0.2, -0.15) is 0 Å². The molecule has 6 heteroatoms. The number of rotatable bonds is 10. The van der Waals surface area contributed by atoms with Gasteiger partial charge in [-0.3, -0.25) is 4.79 Å². The third-order valence-electron chi connectivity index (χ3n) is 5.54.